The number of hydrogen-bond donors (Lipinski definition) is 2. The first kappa shape index (κ1) is 22.7. The molecule has 29 heavy (non-hydrogen) atoms. The molecule has 0 bridgehead atoms. The van der Waals surface area contributed by atoms with E-state index in [0.29, 0.717) is 10.9 Å². The standard InChI is InChI=1S/C18H16ClF3N2O4S/c1-10(28-15(25)6-7-23-17(27)14-3-2-8-29-14)16(26)24-13-5-4-11(19)9-12(13)18(20,21)22/h2-5,8-10H,6-7H2,1H3,(H,23,27)(H,24,26). The molecule has 1 atom stereocenters. The first-order chi connectivity index (χ1) is 13.6. The number of anilines is 1. The van der Waals surface area contributed by atoms with Crippen molar-refractivity contribution in [1.82, 2.24) is 5.32 Å². The second-order valence-electron chi connectivity index (χ2n) is 5.79. The van der Waals surface area contributed by atoms with Gasteiger partial charge in [0.15, 0.2) is 6.10 Å². The Morgan fingerprint density at radius 1 is 1.24 bits per heavy atom. The summed E-state index contributed by atoms with van der Waals surface area (Å²) in [6, 6.07) is 6.22. The Morgan fingerprint density at radius 2 is 1.97 bits per heavy atom. The summed E-state index contributed by atoms with van der Waals surface area (Å²) >= 11 is 6.82. The second kappa shape index (κ2) is 9.75. The molecular weight excluding hydrogens is 433 g/mol. The summed E-state index contributed by atoms with van der Waals surface area (Å²) in [6.07, 6.45) is -6.27. The number of rotatable bonds is 7. The van der Waals surface area contributed by atoms with Crippen molar-refractivity contribution in [2.24, 2.45) is 0 Å². The molecule has 1 aromatic heterocycles. The van der Waals surface area contributed by atoms with Gasteiger partial charge in [-0.05, 0) is 36.6 Å². The summed E-state index contributed by atoms with van der Waals surface area (Å²) in [7, 11) is 0. The van der Waals surface area contributed by atoms with Gasteiger partial charge in [-0.2, -0.15) is 13.2 Å². The molecule has 2 rings (SSSR count). The number of carbonyl (C=O) groups excluding carboxylic acids is 3. The minimum absolute atomic E-state index is 0.0146. The van der Waals surface area contributed by atoms with Gasteiger partial charge in [0.25, 0.3) is 11.8 Å². The quantitative estimate of drug-likeness (QED) is 0.624. The number of amides is 2. The lowest BCUT2D eigenvalue weighted by Crippen LogP contribution is -2.32. The summed E-state index contributed by atoms with van der Waals surface area (Å²) in [5.41, 5.74) is -1.62. The van der Waals surface area contributed by atoms with Gasteiger partial charge in [-0.3, -0.25) is 14.4 Å². The highest BCUT2D eigenvalue weighted by atomic mass is 35.5. The van der Waals surface area contributed by atoms with E-state index in [1.807, 2.05) is 0 Å². The Hall–Kier alpha value is -2.59. The molecule has 1 unspecified atom stereocenters. The third-order valence-electron chi connectivity index (χ3n) is 3.58. The highest BCUT2D eigenvalue weighted by Gasteiger charge is 2.34. The lowest BCUT2D eigenvalue weighted by Gasteiger charge is -2.17. The molecule has 0 spiro atoms. The van der Waals surface area contributed by atoms with E-state index in [2.05, 4.69) is 10.6 Å². The highest BCUT2D eigenvalue weighted by molar-refractivity contribution is 7.12. The number of nitrogens with one attached hydrogen (secondary N) is 2. The van der Waals surface area contributed by atoms with Crippen molar-refractivity contribution in [3.8, 4) is 0 Å². The van der Waals surface area contributed by atoms with Crippen LogP contribution < -0.4 is 10.6 Å². The zero-order valence-corrected chi connectivity index (χ0v) is 16.6. The van der Waals surface area contributed by atoms with Gasteiger partial charge in [0.05, 0.1) is 22.5 Å². The van der Waals surface area contributed by atoms with Crippen molar-refractivity contribution in [3.63, 3.8) is 0 Å². The molecule has 11 heteroatoms. The fourth-order valence-corrected chi connectivity index (χ4v) is 2.99. The van der Waals surface area contributed by atoms with Gasteiger partial charge in [-0.25, -0.2) is 0 Å². The zero-order valence-electron chi connectivity index (χ0n) is 15.0. The molecule has 2 amide bonds. The van der Waals surface area contributed by atoms with Crippen LogP contribution in [0.1, 0.15) is 28.6 Å². The predicted octanol–water partition coefficient (Wildman–Crippen LogP) is 4.11. The number of esters is 1. The summed E-state index contributed by atoms with van der Waals surface area (Å²) in [4.78, 5) is 36.1. The minimum atomic E-state index is -4.73. The lowest BCUT2D eigenvalue weighted by atomic mass is 10.1. The van der Waals surface area contributed by atoms with E-state index in [-0.39, 0.29) is 23.9 Å². The number of benzene rings is 1. The van der Waals surface area contributed by atoms with Crippen molar-refractivity contribution in [2.45, 2.75) is 25.6 Å². The molecule has 0 saturated heterocycles. The normalized spacial score (nSPS) is 12.2. The van der Waals surface area contributed by atoms with Crippen LogP contribution in [0.15, 0.2) is 35.7 Å². The van der Waals surface area contributed by atoms with Crippen molar-refractivity contribution in [2.75, 3.05) is 11.9 Å². The first-order valence-corrected chi connectivity index (χ1v) is 9.52. The molecule has 1 heterocycles. The van der Waals surface area contributed by atoms with Gasteiger partial charge in [0, 0.05) is 11.6 Å². The van der Waals surface area contributed by atoms with E-state index < -0.39 is 35.4 Å². The fourth-order valence-electron chi connectivity index (χ4n) is 2.18. The van der Waals surface area contributed by atoms with Crippen LogP contribution in [0.25, 0.3) is 0 Å². The summed E-state index contributed by atoms with van der Waals surface area (Å²) < 4.78 is 44.1. The van der Waals surface area contributed by atoms with E-state index in [9.17, 15) is 27.6 Å². The largest absolute Gasteiger partial charge is 0.452 e. The topological polar surface area (TPSA) is 84.5 Å². The molecule has 156 valence electrons. The highest BCUT2D eigenvalue weighted by Crippen LogP contribution is 2.36. The van der Waals surface area contributed by atoms with Crippen LogP contribution >= 0.6 is 22.9 Å². The van der Waals surface area contributed by atoms with Crippen LogP contribution in [0.4, 0.5) is 18.9 Å². The molecule has 2 aromatic rings. The fraction of sp³-hybridized carbons (Fsp3) is 0.278. The van der Waals surface area contributed by atoms with E-state index >= 15 is 0 Å². The Bertz CT molecular complexity index is 888. The van der Waals surface area contributed by atoms with Gasteiger partial charge in [-0.1, -0.05) is 17.7 Å². The molecular formula is C18H16ClF3N2O4S. The van der Waals surface area contributed by atoms with E-state index in [1.54, 1.807) is 17.5 Å². The Labute approximate surface area is 173 Å². The third kappa shape index (κ3) is 6.75. The average Bonchev–Trinajstić information content (AvgIpc) is 3.17. The molecule has 0 radical (unpaired) electrons. The van der Waals surface area contributed by atoms with Crippen LogP contribution in [-0.4, -0.2) is 30.4 Å². The molecule has 6 nitrogen and oxygen atoms in total. The SMILES string of the molecule is CC(OC(=O)CCNC(=O)c1cccs1)C(=O)Nc1ccc(Cl)cc1C(F)(F)F. The lowest BCUT2D eigenvalue weighted by molar-refractivity contribution is -0.153. The molecule has 1 aromatic carbocycles. The summed E-state index contributed by atoms with van der Waals surface area (Å²) in [5, 5.41) is 6.19. The number of hydrogen-bond acceptors (Lipinski definition) is 5. The van der Waals surface area contributed by atoms with Gasteiger partial charge >= 0.3 is 12.1 Å². The monoisotopic (exact) mass is 448 g/mol. The molecule has 0 aliphatic carbocycles. The van der Waals surface area contributed by atoms with Gasteiger partial charge in [0.2, 0.25) is 0 Å². The van der Waals surface area contributed by atoms with Crippen LogP contribution in [-0.2, 0) is 20.5 Å². The van der Waals surface area contributed by atoms with Crippen molar-refractivity contribution in [3.05, 3.63) is 51.2 Å². The van der Waals surface area contributed by atoms with Gasteiger partial charge in [0.1, 0.15) is 0 Å². The zero-order chi connectivity index (χ0) is 21.6. The summed E-state index contributed by atoms with van der Waals surface area (Å²) in [5.74, 6) is -2.07. The number of thiophene rings is 1. The molecule has 0 aliphatic heterocycles. The van der Waals surface area contributed by atoms with Gasteiger partial charge < -0.3 is 15.4 Å². The average molecular weight is 449 g/mol. The third-order valence-corrected chi connectivity index (χ3v) is 4.69. The van der Waals surface area contributed by atoms with Gasteiger partial charge in [-0.15, -0.1) is 11.3 Å². The molecule has 2 N–H and O–H groups in total. The van der Waals surface area contributed by atoms with Crippen molar-refractivity contribution in [1.29, 1.82) is 0 Å². The van der Waals surface area contributed by atoms with Crippen LogP contribution in [0.5, 0.6) is 0 Å². The van der Waals surface area contributed by atoms with E-state index in [0.717, 1.165) is 6.07 Å². The number of ether oxygens (including phenoxy) is 1. The Balaban J connectivity index is 1.86. The maximum absolute atomic E-state index is 13.1. The smallest absolute Gasteiger partial charge is 0.418 e. The minimum Gasteiger partial charge on any atom is -0.452 e. The van der Waals surface area contributed by atoms with Crippen molar-refractivity contribution < 1.29 is 32.3 Å². The first-order valence-electron chi connectivity index (χ1n) is 8.26. The Kier molecular flexibility index (Phi) is 7.63. The second-order valence-corrected chi connectivity index (χ2v) is 7.18. The van der Waals surface area contributed by atoms with Crippen LogP contribution in [0.2, 0.25) is 5.02 Å². The van der Waals surface area contributed by atoms with E-state index in [1.165, 1.54) is 24.3 Å². The summed E-state index contributed by atoms with van der Waals surface area (Å²) in [6.45, 7) is 1.21. The number of carbonyl (C=O) groups is 3. The van der Waals surface area contributed by atoms with Crippen molar-refractivity contribution >= 4 is 46.4 Å². The number of halogens is 4. The molecule has 0 aliphatic rings. The maximum Gasteiger partial charge on any atom is 0.418 e. The Morgan fingerprint density at radius 3 is 2.59 bits per heavy atom. The molecule has 0 fully saturated rings. The van der Waals surface area contributed by atoms with Crippen LogP contribution in [0, 0.1) is 0 Å². The number of alkyl halides is 3. The predicted molar refractivity (Wildman–Crippen MR) is 102 cm³/mol. The van der Waals surface area contributed by atoms with E-state index in [4.69, 9.17) is 16.3 Å². The van der Waals surface area contributed by atoms with Crippen LogP contribution in [0.3, 0.4) is 0 Å². The molecule has 0 saturated carbocycles. The maximum atomic E-state index is 13.1.